The van der Waals surface area contributed by atoms with E-state index in [4.69, 9.17) is 5.73 Å². The lowest BCUT2D eigenvalue weighted by Crippen LogP contribution is -2.41. The summed E-state index contributed by atoms with van der Waals surface area (Å²) in [5.74, 6) is -0.567. The molecule has 0 radical (unpaired) electrons. The van der Waals surface area contributed by atoms with E-state index in [0.717, 1.165) is 0 Å². The SMILES string of the molecule is CNCC(C)C(=O)NC(C)CC(N)=O. The van der Waals surface area contributed by atoms with Gasteiger partial charge in [-0.2, -0.15) is 0 Å². The molecule has 0 aromatic rings. The van der Waals surface area contributed by atoms with Crippen LogP contribution in [0.15, 0.2) is 0 Å². The Hall–Kier alpha value is -1.10. The topological polar surface area (TPSA) is 84.2 Å². The first-order valence-electron chi connectivity index (χ1n) is 4.70. The summed E-state index contributed by atoms with van der Waals surface area (Å²) in [4.78, 5) is 22.0. The average molecular weight is 201 g/mol. The Labute approximate surface area is 84.4 Å². The van der Waals surface area contributed by atoms with Crippen molar-refractivity contribution in [3.05, 3.63) is 0 Å². The molecule has 0 aromatic carbocycles. The molecule has 0 saturated heterocycles. The highest BCUT2D eigenvalue weighted by molar-refractivity contribution is 5.80. The van der Waals surface area contributed by atoms with Gasteiger partial charge in [0.2, 0.25) is 11.8 Å². The summed E-state index contributed by atoms with van der Waals surface area (Å²) < 4.78 is 0. The molecule has 2 atom stereocenters. The maximum atomic E-state index is 11.4. The molecule has 0 saturated carbocycles. The lowest BCUT2D eigenvalue weighted by Gasteiger charge is -2.16. The fourth-order valence-electron chi connectivity index (χ4n) is 1.14. The normalized spacial score (nSPS) is 14.5. The second-order valence-electron chi connectivity index (χ2n) is 3.54. The van der Waals surface area contributed by atoms with Crippen LogP contribution in [-0.4, -0.2) is 31.4 Å². The smallest absolute Gasteiger partial charge is 0.224 e. The van der Waals surface area contributed by atoms with Crippen LogP contribution in [0.25, 0.3) is 0 Å². The Morgan fingerprint density at radius 1 is 1.36 bits per heavy atom. The molecular weight excluding hydrogens is 182 g/mol. The van der Waals surface area contributed by atoms with Gasteiger partial charge in [-0.15, -0.1) is 0 Å². The van der Waals surface area contributed by atoms with Gasteiger partial charge in [-0.1, -0.05) is 6.92 Å². The molecule has 82 valence electrons. The number of carbonyl (C=O) groups excluding carboxylic acids is 2. The number of hydrogen-bond donors (Lipinski definition) is 3. The second kappa shape index (κ2) is 6.37. The highest BCUT2D eigenvalue weighted by atomic mass is 16.2. The Morgan fingerprint density at radius 2 is 1.93 bits per heavy atom. The molecule has 0 fully saturated rings. The Kier molecular flexibility index (Phi) is 5.87. The second-order valence-corrected chi connectivity index (χ2v) is 3.54. The van der Waals surface area contributed by atoms with Crippen molar-refractivity contribution in [2.45, 2.75) is 26.3 Å². The van der Waals surface area contributed by atoms with E-state index in [1.54, 1.807) is 14.0 Å². The van der Waals surface area contributed by atoms with E-state index in [0.29, 0.717) is 6.54 Å². The first-order valence-corrected chi connectivity index (χ1v) is 4.70. The van der Waals surface area contributed by atoms with Crippen molar-refractivity contribution in [3.63, 3.8) is 0 Å². The minimum absolute atomic E-state index is 0.0619. The van der Waals surface area contributed by atoms with Gasteiger partial charge in [0.25, 0.3) is 0 Å². The third kappa shape index (κ3) is 5.53. The molecule has 0 heterocycles. The van der Waals surface area contributed by atoms with E-state index < -0.39 is 5.91 Å². The molecule has 0 aliphatic carbocycles. The van der Waals surface area contributed by atoms with Crippen molar-refractivity contribution in [1.82, 2.24) is 10.6 Å². The predicted molar refractivity (Wildman–Crippen MR) is 54.5 cm³/mol. The highest BCUT2D eigenvalue weighted by Gasteiger charge is 2.15. The van der Waals surface area contributed by atoms with Crippen molar-refractivity contribution in [2.75, 3.05) is 13.6 Å². The summed E-state index contributed by atoms with van der Waals surface area (Å²) >= 11 is 0. The fraction of sp³-hybridized carbons (Fsp3) is 0.778. The fourth-order valence-corrected chi connectivity index (χ4v) is 1.14. The predicted octanol–water partition coefficient (Wildman–Crippen LogP) is -0.778. The van der Waals surface area contributed by atoms with Crippen molar-refractivity contribution in [2.24, 2.45) is 11.7 Å². The summed E-state index contributed by atoms with van der Waals surface area (Å²) in [6.07, 6.45) is 0.179. The van der Waals surface area contributed by atoms with Gasteiger partial charge in [0.15, 0.2) is 0 Å². The van der Waals surface area contributed by atoms with Gasteiger partial charge < -0.3 is 16.4 Å². The summed E-state index contributed by atoms with van der Waals surface area (Å²) in [6.45, 7) is 4.20. The summed E-state index contributed by atoms with van der Waals surface area (Å²) in [7, 11) is 1.79. The van der Waals surface area contributed by atoms with Gasteiger partial charge in [-0.3, -0.25) is 9.59 Å². The zero-order valence-corrected chi connectivity index (χ0v) is 8.96. The number of nitrogens with one attached hydrogen (secondary N) is 2. The Morgan fingerprint density at radius 3 is 2.36 bits per heavy atom. The van der Waals surface area contributed by atoms with Crippen LogP contribution in [0.1, 0.15) is 20.3 Å². The zero-order valence-electron chi connectivity index (χ0n) is 8.96. The molecule has 0 rings (SSSR count). The lowest BCUT2D eigenvalue weighted by atomic mass is 10.1. The van der Waals surface area contributed by atoms with Crippen molar-refractivity contribution < 1.29 is 9.59 Å². The molecule has 2 amide bonds. The van der Waals surface area contributed by atoms with Gasteiger partial charge in [0.05, 0.1) is 0 Å². The maximum absolute atomic E-state index is 11.4. The van der Waals surface area contributed by atoms with Crippen LogP contribution in [-0.2, 0) is 9.59 Å². The Balaban J connectivity index is 3.86. The first-order chi connectivity index (χ1) is 6.47. The highest BCUT2D eigenvalue weighted by Crippen LogP contribution is 1.96. The van der Waals surface area contributed by atoms with Gasteiger partial charge in [0.1, 0.15) is 0 Å². The monoisotopic (exact) mass is 201 g/mol. The lowest BCUT2D eigenvalue weighted by molar-refractivity contribution is -0.125. The van der Waals surface area contributed by atoms with Gasteiger partial charge in [0, 0.05) is 24.9 Å². The van der Waals surface area contributed by atoms with Gasteiger partial charge in [-0.05, 0) is 14.0 Å². The molecule has 5 nitrogen and oxygen atoms in total. The number of primary amides is 1. The van der Waals surface area contributed by atoms with Crippen LogP contribution < -0.4 is 16.4 Å². The third-order valence-electron chi connectivity index (χ3n) is 1.85. The number of rotatable bonds is 6. The van der Waals surface area contributed by atoms with Crippen molar-refractivity contribution in [3.8, 4) is 0 Å². The van der Waals surface area contributed by atoms with Crippen LogP contribution in [0.4, 0.5) is 0 Å². The quantitative estimate of drug-likeness (QED) is 0.527. The van der Waals surface area contributed by atoms with Crippen molar-refractivity contribution >= 4 is 11.8 Å². The van der Waals surface area contributed by atoms with E-state index in [1.807, 2.05) is 6.92 Å². The first kappa shape index (κ1) is 12.9. The van der Waals surface area contributed by atoms with Crippen molar-refractivity contribution in [1.29, 1.82) is 0 Å². The molecule has 2 unspecified atom stereocenters. The molecule has 0 aliphatic heterocycles. The number of carbonyl (C=O) groups is 2. The third-order valence-corrected chi connectivity index (χ3v) is 1.85. The van der Waals surface area contributed by atoms with E-state index in [-0.39, 0.29) is 24.3 Å². The van der Waals surface area contributed by atoms with E-state index in [9.17, 15) is 9.59 Å². The molecule has 0 aliphatic rings. The van der Waals surface area contributed by atoms with E-state index >= 15 is 0 Å². The standard InChI is InChI=1S/C9H19N3O2/c1-6(5-11-3)9(14)12-7(2)4-8(10)13/h6-7,11H,4-5H2,1-3H3,(H2,10,13)(H,12,14). The summed E-state index contributed by atoms with van der Waals surface area (Å²) in [5, 5.41) is 5.63. The van der Waals surface area contributed by atoms with E-state index in [1.165, 1.54) is 0 Å². The summed E-state index contributed by atoms with van der Waals surface area (Å²) in [6, 6.07) is -0.195. The number of hydrogen-bond acceptors (Lipinski definition) is 3. The molecule has 14 heavy (non-hydrogen) atoms. The molecule has 4 N–H and O–H groups in total. The van der Waals surface area contributed by atoms with Crippen LogP contribution in [0.2, 0.25) is 0 Å². The van der Waals surface area contributed by atoms with E-state index in [2.05, 4.69) is 10.6 Å². The summed E-state index contributed by atoms with van der Waals surface area (Å²) in [5.41, 5.74) is 5.00. The largest absolute Gasteiger partial charge is 0.370 e. The van der Waals surface area contributed by atoms with Crippen LogP contribution in [0, 0.1) is 5.92 Å². The molecule has 0 bridgehead atoms. The van der Waals surface area contributed by atoms with Crippen LogP contribution in [0.5, 0.6) is 0 Å². The Bertz CT molecular complexity index is 206. The zero-order chi connectivity index (χ0) is 11.1. The number of amides is 2. The van der Waals surface area contributed by atoms with Crippen LogP contribution in [0.3, 0.4) is 0 Å². The number of nitrogens with two attached hydrogens (primary N) is 1. The molecule has 5 heteroatoms. The molecular formula is C9H19N3O2. The van der Waals surface area contributed by atoms with Gasteiger partial charge in [-0.25, -0.2) is 0 Å². The minimum Gasteiger partial charge on any atom is -0.370 e. The maximum Gasteiger partial charge on any atom is 0.224 e. The molecule has 0 aromatic heterocycles. The van der Waals surface area contributed by atoms with Gasteiger partial charge >= 0.3 is 0 Å². The average Bonchev–Trinajstić information content (AvgIpc) is 2.02. The van der Waals surface area contributed by atoms with Crippen LogP contribution >= 0.6 is 0 Å². The minimum atomic E-state index is -0.404. The molecule has 0 spiro atoms.